The van der Waals surface area contributed by atoms with Crippen LogP contribution in [0.2, 0.25) is 0 Å². The van der Waals surface area contributed by atoms with Crippen molar-refractivity contribution in [3.63, 3.8) is 0 Å². The third kappa shape index (κ3) is 15.9. The molecule has 0 fully saturated rings. The largest absolute Gasteiger partial charge is 0.389 e. The minimum Gasteiger partial charge on any atom is -0.389 e. The molecule has 1 atom stereocenters. The molecular weight excluding hydrogens is 262 g/mol. The predicted octanol–water partition coefficient (Wildman–Crippen LogP) is 1.69. The maximum absolute atomic E-state index is 9.64. The second-order valence-corrected chi connectivity index (χ2v) is 5.41. The minimum atomic E-state index is -0.444. The summed E-state index contributed by atoms with van der Waals surface area (Å²) in [4.78, 5) is 0. The first-order valence-corrected chi connectivity index (χ1v) is 8.19. The molecule has 0 saturated carbocycles. The van der Waals surface area contributed by atoms with Gasteiger partial charge in [0.25, 0.3) is 0 Å². The van der Waals surface area contributed by atoms with E-state index >= 15 is 0 Å². The summed E-state index contributed by atoms with van der Waals surface area (Å²) in [5.41, 5.74) is 0. The Balaban J connectivity index is 3.12. The molecule has 0 aromatic carbocycles. The van der Waals surface area contributed by atoms with Gasteiger partial charge >= 0.3 is 0 Å². The lowest BCUT2D eigenvalue weighted by atomic mass is 10.4. The van der Waals surface area contributed by atoms with Gasteiger partial charge in [-0.25, -0.2) is 0 Å². The number of aliphatic hydroxyl groups excluding tert-OH is 1. The highest BCUT2D eigenvalue weighted by Crippen LogP contribution is 1.97. The zero-order chi connectivity index (χ0) is 14.2. The number of unbranched alkanes of at least 4 members (excludes halogenated alkanes) is 1. The van der Waals surface area contributed by atoms with Crippen LogP contribution in [0, 0.1) is 0 Å². The van der Waals surface area contributed by atoms with Crippen LogP contribution in [0.25, 0.3) is 0 Å². The fourth-order valence-electron chi connectivity index (χ4n) is 1.32. The maximum atomic E-state index is 9.64. The zero-order valence-corrected chi connectivity index (χ0v) is 12.9. The fourth-order valence-corrected chi connectivity index (χ4v) is 1.95. The molecule has 0 aliphatic rings. The Morgan fingerprint density at radius 3 is 2.84 bits per heavy atom. The molecule has 2 N–H and O–H groups in total. The van der Waals surface area contributed by atoms with Gasteiger partial charge in [-0.3, -0.25) is 0 Å². The molecule has 5 heteroatoms. The Kier molecular flexibility index (Phi) is 15.9. The van der Waals surface area contributed by atoms with Crippen molar-refractivity contribution < 1.29 is 14.6 Å². The standard InChI is InChI=1S/C14H29NO3S/c1-3-5-7-17-8-9-18-13-14(16)12-15-6-11-19-10-4-2/h4,14-16H,2-3,5-13H2,1H3. The molecule has 1 unspecified atom stereocenters. The summed E-state index contributed by atoms with van der Waals surface area (Å²) in [6.45, 7) is 9.60. The molecule has 0 aromatic rings. The first-order chi connectivity index (χ1) is 9.31. The quantitative estimate of drug-likeness (QED) is 0.355. The van der Waals surface area contributed by atoms with E-state index in [1.165, 1.54) is 0 Å². The molecule has 0 bridgehead atoms. The van der Waals surface area contributed by atoms with E-state index in [0.29, 0.717) is 26.4 Å². The van der Waals surface area contributed by atoms with Crippen molar-refractivity contribution in [1.29, 1.82) is 0 Å². The lowest BCUT2D eigenvalue weighted by molar-refractivity contribution is 0.00410. The van der Waals surface area contributed by atoms with Gasteiger partial charge in [-0.1, -0.05) is 19.4 Å². The minimum absolute atomic E-state index is 0.365. The Labute approximate surface area is 121 Å². The predicted molar refractivity (Wildman–Crippen MR) is 82.9 cm³/mol. The highest BCUT2D eigenvalue weighted by Gasteiger charge is 2.03. The average Bonchev–Trinajstić information content (AvgIpc) is 2.41. The topological polar surface area (TPSA) is 50.7 Å². The molecule has 0 spiro atoms. The van der Waals surface area contributed by atoms with Crippen LogP contribution < -0.4 is 5.32 Å². The molecule has 0 saturated heterocycles. The van der Waals surface area contributed by atoms with E-state index < -0.39 is 6.10 Å². The molecule has 0 aromatic heterocycles. The summed E-state index contributed by atoms with van der Waals surface area (Å²) in [6, 6.07) is 0. The summed E-state index contributed by atoms with van der Waals surface area (Å²) >= 11 is 1.83. The third-order valence-electron chi connectivity index (χ3n) is 2.36. The van der Waals surface area contributed by atoms with Crippen LogP contribution in [0.15, 0.2) is 12.7 Å². The van der Waals surface area contributed by atoms with Gasteiger partial charge in [0.05, 0.1) is 25.9 Å². The highest BCUT2D eigenvalue weighted by molar-refractivity contribution is 7.99. The van der Waals surface area contributed by atoms with Crippen LogP contribution in [-0.4, -0.2) is 62.2 Å². The number of ether oxygens (including phenoxy) is 2. The number of nitrogens with one attached hydrogen (secondary N) is 1. The molecule has 4 nitrogen and oxygen atoms in total. The molecule has 19 heavy (non-hydrogen) atoms. The van der Waals surface area contributed by atoms with Crippen LogP contribution in [0.1, 0.15) is 19.8 Å². The lowest BCUT2D eigenvalue weighted by Gasteiger charge is -2.12. The molecule has 114 valence electrons. The number of aliphatic hydroxyl groups is 1. The van der Waals surface area contributed by atoms with Crippen LogP contribution in [-0.2, 0) is 9.47 Å². The molecular formula is C14H29NO3S. The van der Waals surface area contributed by atoms with Crippen molar-refractivity contribution in [2.75, 3.05) is 51.0 Å². The van der Waals surface area contributed by atoms with Gasteiger partial charge in [0, 0.05) is 31.2 Å². The summed E-state index contributed by atoms with van der Waals surface area (Å²) in [6.07, 6.45) is 3.70. The van der Waals surface area contributed by atoms with Gasteiger partial charge in [-0.15, -0.1) is 6.58 Å². The van der Waals surface area contributed by atoms with E-state index in [9.17, 15) is 5.11 Å². The number of thioether (sulfide) groups is 1. The first-order valence-electron chi connectivity index (χ1n) is 7.04. The second kappa shape index (κ2) is 16.0. The van der Waals surface area contributed by atoms with E-state index in [1.54, 1.807) is 0 Å². The Bertz CT molecular complexity index is 194. The van der Waals surface area contributed by atoms with E-state index in [-0.39, 0.29) is 0 Å². The zero-order valence-electron chi connectivity index (χ0n) is 12.1. The molecule has 0 heterocycles. The van der Waals surface area contributed by atoms with Crippen molar-refractivity contribution in [2.24, 2.45) is 0 Å². The SMILES string of the molecule is C=CCSCCNCC(O)COCCOCCCC. The summed E-state index contributed by atoms with van der Waals surface area (Å²) < 4.78 is 10.7. The second-order valence-electron chi connectivity index (χ2n) is 4.26. The van der Waals surface area contributed by atoms with E-state index in [2.05, 4.69) is 18.8 Å². The van der Waals surface area contributed by atoms with Crippen LogP contribution in [0.4, 0.5) is 0 Å². The van der Waals surface area contributed by atoms with Crippen LogP contribution in [0.5, 0.6) is 0 Å². The Morgan fingerprint density at radius 1 is 1.32 bits per heavy atom. The molecule has 0 aliphatic carbocycles. The summed E-state index contributed by atoms with van der Waals surface area (Å²) in [7, 11) is 0. The van der Waals surface area contributed by atoms with Gasteiger partial charge in [-0.05, 0) is 6.42 Å². The van der Waals surface area contributed by atoms with Crippen molar-refractivity contribution in [3.05, 3.63) is 12.7 Å². The molecule has 0 rings (SSSR count). The van der Waals surface area contributed by atoms with Crippen molar-refractivity contribution in [3.8, 4) is 0 Å². The Hall–Kier alpha value is -0.0700. The van der Waals surface area contributed by atoms with Gasteiger partial charge < -0.3 is 19.9 Å². The summed E-state index contributed by atoms with van der Waals surface area (Å²) in [5.74, 6) is 2.01. The smallest absolute Gasteiger partial charge is 0.0897 e. The third-order valence-corrected chi connectivity index (χ3v) is 3.33. The van der Waals surface area contributed by atoms with E-state index in [4.69, 9.17) is 9.47 Å². The van der Waals surface area contributed by atoms with Crippen molar-refractivity contribution >= 4 is 11.8 Å². The number of rotatable bonds is 15. The van der Waals surface area contributed by atoms with Gasteiger partial charge in [0.2, 0.25) is 0 Å². The van der Waals surface area contributed by atoms with Crippen molar-refractivity contribution in [1.82, 2.24) is 5.32 Å². The van der Waals surface area contributed by atoms with E-state index in [0.717, 1.165) is 37.5 Å². The number of hydrogen-bond donors (Lipinski definition) is 2. The average molecular weight is 291 g/mol. The van der Waals surface area contributed by atoms with Crippen LogP contribution in [0.3, 0.4) is 0 Å². The van der Waals surface area contributed by atoms with Gasteiger partial charge in [-0.2, -0.15) is 11.8 Å². The fraction of sp³-hybridized carbons (Fsp3) is 0.857. The van der Waals surface area contributed by atoms with Gasteiger partial charge in [0.1, 0.15) is 0 Å². The normalized spacial score (nSPS) is 12.5. The van der Waals surface area contributed by atoms with Crippen molar-refractivity contribution in [2.45, 2.75) is 25.9 Å². The van der Waals surface area contributed by atoms with E-state index in [1.807, 2.05) is 17.8 Å². The number of hydrogen-bond acceptors (Lipinski definition) is 5. The first kappa shape index (κ1) is 18.9. The van der Waals surface area contributed by atoms with Gasteiger partial charge in [0.15, 0.2) is 0 Å². The highest BCUT2D eigenvalue weighted by atomic mass is 32.2. The molecule has 0 radical (unpaired) electrons. The molecule has 0 aliphatic heterocycles. The Morgan fingerprint density at radius 2 is 2.11 bits per heavy atom. The maximum Gasteiger partial charge on any atom is 0.0897 e. The lowest BCUT2D eigenvalue weighted by Crippen LogP contribution is -2.32. The van der Waals surface area contributed by atoms with Crippen LogP contribution >= 0.6 is 11.8 Å². The summed E-state index contributed by atoms with van der Waals surface area (Å²) in [5, 5.41) is 12.8. The molecule has 0 amide bonds. The monoisotopic (exact) mass is 291 g/mol.